The number of hydrogen-bond donors (Lipinski definition) is 3. The molecule has 0 rings (SSSR count). The van der Waals surface area contributed by atoms with Gasteiger partial charge in [0.05, 0.1) is 0 Å². The molecule has 3 heteroatoms. The highest BCUT2D eigenvalue weighted by atomic mass is 16.5. The van der Waals surface area contributed by atoms with E-state index >= 15 is 0 Å². The minimum atomic E-state index is -1.58. The van der Waals surface area contributed by atoms with Crippen molar-refractivity contribution in [2.75, 3.05) is 0 Å². The average molecular weight is 246 g/mol. The van der Waals surface area contributed by atoms with E-state index < -0.39 is 12.4 Å². The molecule has 0 bridgehead atoms. The second-order valence-electron chi connectivity index (χ2n) is 4.95. The summed E-state index contributed by atoms with van der Waals surface area (Å²) in [5.41, 5.74) is 0. The van der Waals surface area contributed by atoms with Gasteiger partial charge in [-0.1, -0.05) is 71.1 Å². The molecule has 0 saturated carbocycles. The van der Waals surface area contributed by atoms with Crippen molar-refractivity contribution in [2.45, 2.75) is 89.9 Å². The fourth-order valence-corrected chi connectivity index (χ4v) is 1.99. The van der Waals surface area contributed by atoms with E-state index in [1.54, 1.807) is 0 Å². The highest BCUT2D eigenvalue weighted by Gasteiger charge is 2.11. The summed E-state index contributed by atoms with van der Waals surface area (Å²) in [5, 5.41) is 26.5. The lowest BCUT2D eigenvalue weighted by molar-refractivity contribution is -0.124. The van der Waals surface area contributed by atoms with Crippen molar-refractivity contribution in [1.29, 1.82) is 0 Å². The number of hydrogen-bond acceptors (Lipinski definition) is 3. The van der Waals surface area contributed by atoms with Crippen molar-refractivity contribution in [2.24, 2.45) is 0 Å². The van der Waals surface area contributed by atoms with Crippen LogP contribution in [0.1, 0.15) is 77.6 Å². The number of unbranched alkanes of at least 4 members (excludes halogenated alkanes) is 9. The topological polar surface area (TPSA) is 60.7 Å². The fraction of sp³-hybridized carbons (Fsp3) is 1.00. The Morgan fingerprint density at radius 1 is 0.647 bits per heavy atom. The van der Waals surface area contributed by atoms with Gasteiger partial charge in [0.25, 0.3) is 0 Å². The molecular weight excluding hydrogens is 216 g/mol. The van der Waals surface area contributed by atoms with E-state index in [2.05, 4.69) is 6.92 Å². The predicted octanol–water partition coefficient (Wildman–Crippen LogP) is 2.97. The molecule has 1 atom stereocenters. The van der Waals surface area contributed by atoms with Crippen molar-refractivity contribution in [3.63, 3.8) is 0 Å². The summed E-state index contributed by atoms with van der Waals surface area (Å²) in [4.78, 5) is 0. The Labute approximate surface area is 106 Å². The van der Waals surface area contributed by atoms with Gasteiger partial charge in [-0.05, 0) is 6.42 Å². The first-order chi connectivity index (χ1) is 8.18. The third-order valence-electron chi connectivity index (χ3n) is 3.20. The molecule has 0 spiro atoms. The standard InChI is InChI=1S/C14H30O3/c1-2-3-4-5-6-7-8-9-10-11-12-13(15)14(16)17/h13-17H,2-12H2,1H3. The Bertz CT molecular complexity index is 148. The van der Waals surface area contributed by atoms with E-state index in [9.17, 15) is 0 Å². The minimum absolute atomic E-state index is 0.494. The number of rotatable bonds is 12. The third kappa shape index (κ3) is 12.1. The quantitative estimate of drug-likeness (QED) is 0.366. The van der Waals surface area contributed by atoms with Gasteiger partial charge in [-0.3, -0.25) is 0 Å². The van der Waals surface area contributed by atoms with E-state index in [0.717, 1.165) is 12.8 Å². The number of aliphatic hydroxyl groups is 3. The predicted molar refractivity (Wildman–Crippen MR) is 70.7 cm³/mol. The molecule has 3 nitrogen and oxygen atoms in total. The maximum atomic E-state index is 9.15. The fourth-order valence-electron chi connectivity index (χ4n) is 1.99. The van der Waals surface area contributed by atoms with Crippen LogP contribution in [0.5, 0.6) is 0 Å². The van der Waals surface area contributed by atoms with Crippen LogP contribution < -0.4 is 0 Å². The van der Waals surface area contributed by atoms with Crippen molar-refractivity contribution in [1.82, 2.24) is 0 Å². The summed E-state index contributed by atoms with van der Waals surface area (Å²) in [5.74, 6) is 0. The summed E-state index contributed by atoms with van der Waals surface area (Å²) >= 11 is 0. The minimum Gasteiger partial charge on any atom is -0.388 e. The summed E-state index contributed by atoms with van der Waals surface area (Å²) in [7, 11) is 0. The van der Waals surface area contributed by atoms with Gasteiger partial charge in [0, 0.05) is 0 Å². The van der Waals surface area contributed by atoms with Crippen LogP contribution in [0.2, 0.25) is 0 Å². The van der Waals surface area contributed by atoms with E-state index in [4.69, 9.17) is 15.3 Å². The first-order valence-corrected chi connectivity index (χ1v) is 7.22. The lowest BCUT2D eigenvalue weighted by Gasteiger charge is -2.11. The molecule has 3 N–H and O–H groups in total. The zero-order valence-electron chi connectivity index (χ0n) is 11.3. The molecule has 0 saturated heterocycles. The van der Waals surface area contributed by atoms with Gasteiger partial charge >= 0.3 is 0 Å². The Balaban J connectivity index is 3.03. The second kappa shape index (κ2) is 12.3. The van der Waals surface area contributed by atoms with Gasteiger partial charge in [0.15, 0.2) is 6.29 Å². The maximum Gasteiger partial charge on any atom is 0.178 e. The van der Waals surface area contributed by atoms with Crippen LogP contribution in [0.25, 0.3) is 0 Å². The zero-order valence-corrected chi connectivity index (χ0v) is 11.3. The summed E-state index contributed by atoms with van der Waals surface area (Å²) in [6.45, 7) is 2.23. The molecule has 0 aromatic carbocycles. The third-order valence-corrected chi connectivity index (χ3v) is 3.20. The van der Waals surface area contributed by atoms with Crippen LogP contribution in [-0.4, -0.2) is 27.7 Å². The van der Waals surface area contributed by atoms with E-state index in [1.165, 1.54) is 51.4 Å². The lowest BCUT2D eigenvalue weighted by Crippen LogP contribution is -2.24. The molecule has 0 heterocycles. The Hall–Kier alpha value is -0.120. The molecule has 1 unspecified atom stereocenters. The molecule has 17 heavy (non-hydrogen) atoms. The van der Waals surface area contributed by atoms with E-state index in [0.29, 0.717) is 6.42 Å². The van der Waals surface area contributed by atoms with Gasteiger partial charge in [0.2, 0.25) is 0 Å². The molecule has 0 aliphatic carbocycles. The molecule has 0 aromatic rings. The van der Waals surface area contributed by atoms with Gasteiger partial charge < -0.3 is 15.3 Å². The SMILES string of the molecule is CCCCCCCCCCCCC(O)C(O)O. The van der Waals surface area contributed by atoms with Crippen LogP contribution in [0.15, 0.2) is 0 Å². The largest absolute Gasteiger partial charge is 0.388 e. The van der Waals surface area contributed by atoms with Crippen molar-refractivity contribution >= 4 is 0 Å². The van der Waals surface area contributed by atoms with E-state index in [-0.39, 0.29) is 0 Å². The molecule has 0 fully saturated rings. The normalized spacial score (nSPS) is 13.2. The van der Waals surface area contributed by atoms with Crippen LogP contribution in [0.4, 0.5) is 0 Å². The first kappa shape index (κ1) is 16.9. The van der Waals surface area contributed by atoms with Gasteiger partial charge in [0.1, 0.15) is 6.10 Å². The van der Waals surface area contributed by atoms with Gasteiger partial charge in [-0.2, -0.15) is 0 Å². The zero-order chi connectivity index (χ0) is 12.9. The molecule has 0 radical (unpaired) electrons. The highest BCUT2D eigenvalue weighted by Crippen LogP contribution is 2.12. The van der Waals surface area contributed by atoms with Crippen molar-refractivity contribution in [3.05, 3.63) is 0 Å². The van der Waals surface area contributed by atoms with Gasteiger partial charge in [-0.15, -0.1) is 0 Å². The molecular formula is C14H30O3. The Morgan fingerprint density at radius 3 is 1.47 bits per heavy atom. The first-order valence-electron chi connectivity index (χ1n) is 7.22. The van der Waals surface area contributed by atoms with Crippen LogP contribution in [0.3, 0.4) is 0 Å². The molecule has 0 aliphatic rings. The van der Waals surface area contributed by atoms with Crippen LogP contribution in [0, 0.1) is 0 Å². The second-order valence-corrected chi connectivity index (χ2v) is 4.95. The van der Waals surface area contributed by atoms with Crippen LogP contribution >= 0.6 is 0 Å². The molecule has 104 valence electrons. The Kier molecular flexibility index (Phi) is 12.3. The Morgan fingerprint density at radius 2 is 1.06 bits per heavy atom. The molecule has 0 amide bonds. The van der Waals surface area contributed by atoms with Crippen LogP contribution in [-0.2, 0) is 0 Å². The summed E-state index contributed by atoms with van der Waals surface area (Å²) in [6.07, 6.45) is 10.4. The molecule has 0 aliphatic heterocycles. The monoisotopic (exact) mass is 246 g/mol. The van der Waals surface area contributed by atoms with Crippen molar-refractivity contribution < 1.29 is 15.3 Å². The maximum absolute atomic E-state index is 9.15. The van der Waals surface area contributed by atoms with Crippen molar-refractivity contribution in [3.8, 4) is 0 Å². The average Bonchev–Trinajstić information content (AvgIpc) is 2.31. The summed E-state index contributed by atoms with van der Waals surface area (Å²) in [6, 6.07) is 0. The van der Waals surface area contributed by atoms with Gasteiger partial charge in [-0.25, -0.2) is 0 Å². The molecule has 0 aromatic heterocycles. The highest BCUT2D eigenvalue weighted by molar-refractivity contribution is 4.57. The smallest absolute Gasteiger partial charge is 0.178 e. The van der Waals surface area contributed by atoms with E-state index in [1.807, 2.05) is 0 Å². The number of aliphatic hydroxyl groups excluding tert-OH is 2. The lowest BCUT2D eigenvalue weighted by atomic mass is 10.0. The summed E-state index contributed by atoms with van der Waals surface area (Å²) < 4.78 is 0.